The molecule has 0 unspecified atom stereocenters. The van der Waals surface area contributed by atoms with E-state index in [1.807, 2.05) is 0 Å². The maximum Gasteiger partial charge on any atom is 0.387 e. The highest BCUT2D eigenvalue weighted by Gasteiger charge is 2.20. The Bertz CT molecular complexity index is 1290. The Morgan fingerprint density at radius 3 is 2.44 bits per heavy atom. The van der Waals surface area contributed by atoms with Gasteiger partial charge < -0.3 is 14.4 Å². The Morgan fingerprint density at radius 1 is 1.03 bits per heavy atom. The molecule has 34 heavy (non-hydrogen) atoms. The van der Waals surface area contributed by atoms with E-state index >= 15 is 0 Å². The van der Waals surface area contributed by atoms with E-state index < -0.39 is 28.4 Å². The number of rotatable bonds is 9. The fraction of sp³-hybridized carbons (Fsp3) is 0.174. The lowest BCUT2D eigenvalue weighted by molar-refractivity contribution is -0.0512. The summed E-state index contributed by atoms with van der Waals surface area (Å²) in [6, 6.07) is 14.9. The van der Waals surface area contributed by atoms with Crippen molar-refractivity contribution in [3.05, 3.63) is 83.7 Å². The molecule has 3 aromatic rings. The largest absolute Gasteiger partial charge is 0.493 e. The van der Waals surface area contributed by atoms with E-state index in [0.29, 0.717) is 5.56 Å². The molecule has 3 aromatic carbocycles. The maximum atomic E-state index is 13.9. The van der Waals surface area contributed by atoms with Gasteiger partial charge in [0.1, 0.15) is 5.82 Å². The van der Waals surface area contributed by atoms with Gasteiger partial charge in [-0.25, -0.2) is 12.8 Å². The normalized spacial score (nSPS) is 11.2. The van der Waals surface area contributed by atoms with Gasteiger partial charge in [-0.2, -0.15) is 8.78 Å². The van der Waals surface area contributed by atoms with E-state index in [4.69, 9.17) is 4.74 Å². The molecule has 0 aliphatic carbocycles. The molecule has 7 nitrogen and oxygen atoms in total. The van der Waals surface area contributed by atoms with Gasteiger partial charge in [0.25, 0.3) is 15.9 Å². The molecular formula is C23H21F3N2O5S. The van der Waals surface area contributed by atoms with Crippen LogP contribution in [-0.2, 0) is 16.6 Å². The Hall–Kier alpha value is -3.73. The number of nitrogens with zero attached hydrogens (tertiary/aromatic N) is 1. The molecule has 3 rings (SSSR count). The average molecular weight is 494 g/mol. The van der Waals surface area contributed by atoms with Crippen LogP contribution in [0.15, 0.2) is 71.6 Å². The van der Waals surface area contributed by atoms with Crippen LogP contribution in [0, 0.1) is 5.82 Å². The Labute approximate surface area is 194 Å². The van der Waals surface area contributed by atoms with Crippen molar-refractivity contribution in [2.75, 3.05) is 18.9 Å². The van der Waals surface area contributed by atoms with Gasteiger partial charge in [0.2, 0.25) is 0 Å². The van der Waals surface area contributed by atoms with Crippen molar-refractivity contribution in [2.45, 2.75) is 18.1 Å². The minimum Gasteiger partial charge on any atom is -0.493 e. The molecule has 0 aliphatic heterocycles. The Morgan fingerprint density at radius 2 is 1.76 bits per heavy atom. The molecule has 0 fully saturated rings. The molecule has 180 valence electrons. The van der Waals surface area contributed by atoms with E-state index in [9.17, 15) is 26.4 Å². The third-order valence-corrected chi connectivity index (χ3v) is 6.08. The number of halogens is 3. The van der Waals surface area contributed by atoms with Crippen LogP contribution in [0.5, 0.6) is 11.5 Å². The van der Waals surface area contributed by atoms with E-state index in [2.05, 4.69) is 9.46 Å². The number of carbonyl (C=O) groups is 1. The van der Waals surface area contributed by atoms with Crippen LogP contribution < -0.4 is 14.2 Å². The lowest BCUT2D eigenvalue weighted by Crippen LogP contribution is -2.26. The van der Waals surface area contributed by atoms with Gasteiger partial charge in [-0.15, -0.1) is 0 Å². The van der Waals surface area contributed by atoms with Crippen LogP contribution >= 0.6 is 0 Å². The first-order valence-corrected chi connectivity index (χ1v) is 11.3. The van der Waals surface area contributed by atoms with Crippen molar-refractivity contribution in [1.82, 2.24) is 4.90 Å². The van der Waals surface area contributed by atoms with Crippen LogP contribution in [0.3, 0.4) is 0 Å². The van der Waals surface area contributed by atoms with E-state index in [1.165, 1.54) is 79.7 Å². The maximum absolute atomic E-state index is 13.9. The Balaban J connectivity index is 1.77. The van der Waals surface area contributed by atoms with E-state index in [-0.39, 0.29) is 34.2 Å². The number of ether oxygens (including phenoxy) is 2. The first-order chi connectivity index (χ1) is 16.1. The highest BCUT2D eigenvalue weighted by molar-refractivity contribution is 7.92. The summed E-state index contributed by atoms with van der Waals surface area (Å²) in [7, 11) is -1.36. The highest BCUT2D eigenvalue weighted by Crippen LogP contribution is 2.30. The number of sulfonamides is 1. The molecule has 1 N–H and O–H groups in total. The number of alkyl halides is 2. The lowest BCUT2D eigenvalue weighted by Gasteiger charge is -2.19. The van der Waals surface area contributed by atoms with E-state index in [0.717, 1.165) is 6.07 Å². The van der Waals surface area contributed by atoms with E-state index in [1.54, 1.807) is 0 Å². The van der Waals surface area contributed by atoms with Gasteiger partial charge >= 0.3 is 6.61 Å². The third-order valence-electron chi connectivity index (χ3n) is 4.72. The summed E-state index contributed by atoms with van der Waals surface area (Å²) in [5, 5.41) is 0. The molecule has 0 aliphatic rings. The minimum atomic E-state index is -4.15. The zero-order chi connectivity index (χ0) is 24.9. The highest BCUT2D eigenvalue weighted by atomic mass is 32.2. The predicted molar refractivity (Wildman–Crippen MR) is 119 cm³/mol. The van der Waals surface area contributed by atoms with Crippen LogP contribution in [-0.4, -0.2) is 40.0 Å². The SMILES string of the molecule is COc1cc(CN(C)C(=O)c2cccc(S(=O)(=O)Nc3ccccc3F)c2)ccc1OC(F)F. The molecule has 0 aromatic heterocycles. The number of anilines is 1. The standard InChI is InChI=1S/C23H21F3N2O5S/c1-28(14-15-10-11-20(33-23(25)26)21(12-15)32-2)22(29)16-6-5-7-17(13-16)34(30,31)27-19-9-4-3-8-18(19)24/h3-13,23,27H,14H2,1-2H3. The second-order valence-electron chi connectivity index (χ2n) is 7.14. The molecule has 0 bridgehead atoms. The molecule has 11 heteroatoms. The molecular weight excluding hydrogens is 473 g/mol. The monoisotopic (exact) mass is 494 g/mol. The van der Waals surface area contributed by atoms with Crippen molar-refractivity contribution >= 4 is 21.6 Å². The summed E-state index contributed by atoms with van der Waals surface area (Å²) >= 11 is 0. The number of benzene rings is 3. The number of nitrogens with one attached hydrogen (secondary N) is 1. The third kappa shape index (κ3) is 5.98. The molecule has 0 spiro atoms. The number of amides is 1. The molecule has 0 saturated heterocycles. The zero-order valence-corrected chi connectivity index (χ0v) is 19.0. The number of para-hydroxylation sites is 1. The summed E-state index contributed by atoms with van der Waals surface area (Å²) in [6.45, 7) is -2.94. The summed E-state index contributed by atoms with van der Waals surface area (Å²) in [4.78, 5) is 14.0. The smallest absolute Gasteiger partial charge is 0.387 e. The Kier molecular flexibility index (Phi) is 7.67. The molecule has 1 amide bonds. The van der Waals surface area contributed by atoms with Crippen molar-refractivity contribution in [3.63, 3.8) is 0 Å². The van der Waals surface area contributed by atoms with Gasteiger partial charge in [-0.3, -0.25) is 9.52 Å². The summed E-state index contributed by atoms with van der Waals surface area (Å²) < 4.78 is 75.8. The zero-order valence-electron chi connectivity index (χ0n) is 18.2. The number of hydrogen-bond acceptors (Lipinski definition) is 5. The predicted octanol–water partition coefficient (Wildman–Crippen LogP) is 4.51. The van der Waals surface area contributed by atoms with Gasteiger partial charge in [0, 0.05) is 19.2 Å². The fourth-order valence-corrected chi connectivity index (χ4v) is 4.23. The quantitative estimate of drug-likeness (QED) is 0.473. The van der Waals surface area contributed by atoms with Crippen LogP contribution in [0.1, 0.15) is 15.9 Å². The number of carbonyl (C=O) groups excluding carboxylic acids is 1. The van der Waals surface area contributed by atoms with Crippen LogP contribution in [0.4, 0.5) is 18.9 Å². The molecule has 0 atom stereocenters. The molecule has 0 radical (unpaired) electrons. The summed E-state index contributed by atoms with van der Waals surface area (Å²) in [6.07, 6.45) is 0. The van der Waals surface area contributed by atoms with Gasteiger partial charge in [-0.05, 0) is 48.0 Å². The number of hydrogen-bond donors (Lipinski definition) is 1. The summed E-state index contributed by atoms with van der Waals surface area (Å²) in [5.41, 5.74) is 0.437. The first-order valence-electron chi connectivity index (χ1n) is 9.85. The van der Waals surface area contributed by atoms with Crippen LogP contribution in [0.25, 0.3) is 0 Å². The average Bonchev–Trinajstić information content (AvgIpc) is 2.80. The first kappa shape index (κ1) is 24.9. The second kappa shape index (κ2) is 10.5. The fourth-order valence-electron chi connectivity index (χ4n) is 3.11. The lowest BCUT2D eigenvalue weighted by atomic mass is 10.1. The topological polar surface area (TPSA) is 84.9 Å². The van der Waals surface area contributed by atoms with Crippen molar-refractivity contribution < 1.29 is 35.9 Å². The minimum absolute atomic E-state index is 0.0750. The van der Waals surface area contributed by atoms with Crippen molar-refractivity contribution in [2.24, 2.45) is 0 Å². The van der Waals surface area contributed by atoms with Crippen LogP contribution in [0.2, 0.25) is 0 Å². The molecule has 0 heterocycles. The second-order valence-corrected chi connectivity index (χ2v) is 8.82. The number of methoxy groups -OCH3 is 1. The van der Waals surface area contributed by atoms with Crippen molar-refractivity contribution in [3.8, 4) is 11.5 Å². The van der Waals surface area contributed by atoms with Crippen molar-refractivity contribution in [1.29, 1.82) is 0 Å². The van der Waals surface area contributed by atoms with Gasteiger partial charge in [0.15, 0.2) is 11.5 Å². The van der Waals surface area contributed by atoms with Gasteiger partial charge in [0.05, 0.1) is 17.7 Å². The summed E-state index contributed by atoms with van der Waals surface area (Å²) in [5.74, 6) is -1.30. The molecule has 0 saturated carbocycles. The van der Waals surface area contributed by atoms with Gasteiger partial charge in [-0.1, -0.05) is 24.3 Å².